The Labute approximate surface area is 122 Å². The number of aromatic nitrogens is 2. The van der Waals surface area contributed by atoms with Crippen LogP contribution in [0.1, 0.15) is 16.8 Å². The quantitative estimate of drug-likeness (QED) is 0.798. The van der Waals surface area contributed by atoms with Crippen LogP contribution in [0.4, 0.5) is 0 Å². The summed E-state index contributed by atoms with van der Waals surface area (Å²) < 4.78 is 8.12. The van der Waals surface area contributed by atoms with Crippen LogP contribution in [0.15, 0.2) is 29.8 Å². The highest BCUT2D eigenvalue weighted by Crippen LogP contribution is 2.30. The number of hydrogen-bond acceptors (Lipinski definition) is 4. The second kappa shape index (κ2) is 5.26. The number of fused-ring (bicyclic) bond motifs is 1. The number of aryl methyl sites for hydroxylation is 1. The molecule has 0 spiro atoms. The monoisotopic (exact) mass is 287 g/mol. The van der Waals surface area contributed by atoms with Crippen molar-refractivity contribution < 1.29 is 4.74 Å². The van der Waals surface area contributed by atoms with Crippen LogP contribution in [0.25, 0.3) is 4.96 Å². The van der Waals surface area contributed by atoms with Gasteiger partial charge in [-0.25, -0.2) is 0 Å². The van der Waals surface area contributed by atoms with Crippen LogP contribution in [0.5, 0.6) is 11.6 Å². The van der Waals surface area contributed by atoms with Crippen LogP contribution in [0, 0.1) is 13.8 Å². The molecule has 0 bridgehead atoms. The summed E-state index contributed by atoms with van der Waals surface area (Å²) in [6, 6.07) is 6.08. The summed E-state index contributed by atoms with van der Waals surface area (Å²) in [6.45, 7) is 4.88. The average Bonchev–Trinajstić information content (AvgIpc) is 2.99. The third-order valence-electron chi connectivity index (χ3n) is 3.43. The molecule has 2 heterocycles. The largest absolute Gasteiger partial charge is 0.437 e. The first kappa shape index (κ1) is 13.1. The lowest BCUT2D eigenvalue weighted by Crippen LogP contribution is -2.08. The smallest absolute Gasteiger partial charge is 0.243 e. The minimum Gasteiger partial charge on any atom is -0.437 e. The summed E-state index contributed by atoms with van der Waals surface area (Å²) in [5.74, 6) is 1.55. The van der Waals surface area contributed by atoms with Gasteiger partial charge in [0.15, 0.2) is 4.96 Å². The molecular formula is C15H17N3OS. The van der Waals surface area contributed by atoms with Gasteiger partial charge in [0.2, 0.25) is 5.88 Å². The van der Waals surface area contributed by atoms with Crippen LogP contribution >= 0.6 is 11.3 Å². The van der Waals surface area contributed by atoms with Crippen LogP contribution in [0.3, 0.4) is 0 Å². The van der Waals surface area contributed by atoms with E-state index in [1.807, 2.05) is 30.8 Å². The Balaban J connectivity index is 2.03. The predicted molar refractivity (Wildman–Crippen MR) is 81.8 cm³/mol. The van der Waals surface area contributed by atoms with Gasteiger partial charge in [-0.1, -0.05) is 12.1 Å². The van der Waals surface area contributed by atoms with Crippen molar-refractivity contribution in [2.75, 3.05) is 7.05 Å². The molecule has 1 aromatic carbocycles. The van der Waals surface area contributed by atoms with Gasteiger partial charge in [-0.05, 0) is 38.1 Å². The number of imidazole rings is 1. The van der Waals surface area contributed by atoms with Crippen LogP contribution in [-0.4, -0.2) is 16.4 Å². The molecule has 5 heteroatoms. The van der Waals surface area contributed by atoms with Crippen LogP contribution in [-0.2, 0) is 6.54 Å². The Bertz CT molecular complexity index is 745. The van der Waals surface area contributed by atoms with Crippen molar-refractivity contribution >= 4 is 16.3 Å². The summed E-state index contributed by atoms with van der Waals surface area (Å²) in [5, 5.41) is 5.20. The summed E-state index contributed by atoms with van der Waals surface area (Å²) >= 11 is 1.61. The van der Waals surface area contributed by atoms with Gasteiger partial charge in [0.25, 0.3) is 0 Å². The Morgan fingerprint density at radius 1 is 1.35 bits per heavy atom. The average molecular weight is 287 g/mol. The minimum absolute atomic E-state index is 0.680. The SMILES string of the molecule is CNCc1c(Oc2cccc(C)c2C)nc2sccn12. The first-order valence-electron chi connectivity index (χ1n) is 6.54. The van der Waals surface area contributed by atoms with Crippen molar-refractivity contribution in [2.45, 2.75) is 20.4 Å². The molecule has 0 aliphatic carbocycles. The molecule has 0 saturated heterocycles. The zero-order valence-electron chi connectivity index (χ0n) is 11.8. The maximum Gasteiger partial charge on any atom is 0.243 e. The number of benzene rings is 1. The van der Waals surface area contributed by atoms with E-state index in [2.05, 4.69) is 34.6 Å². The number of nitrogens with zero attached hydrogens (tertiary/aromatic N) is 2. The summed E-state index contributed by atoms with van der Waals surface area (Å²) in [7, 11) is 1.92. The molecule has 2 aromatic heterocycles. The van der Waals surface area contributed by atoms with E-state index in [1.165, 1.54) is 5.56 Å². The molecule has 0 aliphatic heterocycles. The molecule has 0 unspecified atom stereocenters. The lowest BCUT2D eigenvalue weighted by Gasteiger charge is -2.10. The van der Waals surface area contributed by atoms with Crippen LogP contribution in [0.2, 0.25) is 0 Å². The molecule has 104 valence electrons. The fourth-order valence-electron chi connectivity index (χ4n) is 2.16. The molecule has 20 heavy (non-hydrogen) atoms. The van der Waals surface area contributed by atoms with Gasteiger partial charge in [-0.15, -0.1) is 11.3 Å². The fourth-order valence-corrected chi connectivity index (χ4v) is 2.89. The number of rotatable bonds is 4. The molecule has 1 N–H and O–H groups in total. The van der Waals surface area contributed by atoms with Gasteiger partial charge in [0.05, 0.1) is 0 Å². The zero-order chi connectivity index (χ0) is 14.1. The van der Waals surface area contributed by atoms with Gasteiger partial charge in [-0.3, -0.25) is 4.40 Å². The second-order valence-corrected chi connectivity index (χ2v) is 5.62. The van der Waals surface area contributed by atoms with E-state index in [0.717, 1.165) is 28.5 Å². The normalized spacial score (nSPS) is 11.2. The summed E-state index contributed by atoms with van der Waals surface area (Å²) in [6.07, 6.45) is 2.02. The molecule has 0 radical (unpaired) electrons. The number of nitrogens with one attached hydrogen (secondary N) is 1. The van der Waals surface area contributed by atoms with E-state index in [1.54, 1.807) is 11.3 Å². The van der Waals surface area contributed by atoms with Crippen molar-refractivity contribution in [1.29, 1.82) is 0 Å². The van der Waals surface area contributed by atoms with E-state index in [-0.39, 0.29) is 0 Å². The van der Waals surface area contributed by atoms with Crippen molar-refractivity contribution in [1.82, 2.24) is 14.7 Å². The molecule has 3 rings (SSSR count). The van der Waals surface area contributed by atoms with E-state index in [0.29, 0.717) is 5.88 Å². The van der Waals surface area contributed by atoms with Crippen LogP contribution < -0.4 is 10.1 Å². The lowest BCUT2D eigenvalue weighted by atomic mass is 10.1. The van der Waals surface area contributed by atoms with E-state index >= 15 is 0 Å². The van der Waals surface area contributed by atoms with Crippen molar-refractivity contribution in [3.8, 4) is 11.6 Å². The fraction of sp³-hybridized carbons (Fsp3) is 0.267. The summed E-state index contributed by atoms with van der Waals surface area (Å²) in [5.41, 5.74) is 3.42. The molecule has 0 atom stereocenters. The molecule has 0 aliphatic rings. The van der Waals surface area contributed by atoms with Crippen molar-refractivity contribution in [3.05, 3.63) is 46.6 Å². The van der Waals surface area contributed by atoms with Gasteiger partial charge in [0.1, 0.15) is 11.4 Å². The molecule has 3 aromatic rings. The van der Waals surface area contributed by atoms with Crippen molar-refractivity contribution in [2.24, 2.45) is 0 Å². The maximum atomic E-state index is 6.05. The Morgan fingerprint density at radius 2 is 2.20 bits per heavy atom. The molecule has 0 fully saturated rings. The van der Waals surface area contributed by atoms with E-state index < -0.39 is 0 Å². The Morgan fingerprint density at radius 3 is 3.00 bits per heavy atom. The highest BCUT2D eigenvalue weighted by molar-refractivity contribution is 7.15. The van der Waals surface area contributed by atoms with E-state index in [9.17, 15) is 0 Å². The van der Waals surface area contributed by atoms with Gasteiger partial charge in [-0.2, -0.15) is 4.98 Å². The lowest BCUT2D eigenvalue weighted by molar-refractivity contribution is 0.453. The highest BCUT2D eigenvalue weighted by atomic mass is 32.1. The Hall–Kier alpha value is -1.85. The number of thiazole rings is 1. The first-order chi connectivity index (χ1) is 9.70. The predicted octanol–water partition coefficient (Wildman–Crippen LogP) is 3.52. The maximum absolute atomic E-state index is 6.05. The van der Waals surface area contributed by atoms with Crippen molar-refractivity contribution in [3.63, 3.8) is 0 Å². The standard InChI is InChI=1S/C15H17N3OS/c1-10-5-4-6-13(11(10)2)19-14-12(9-16-3)18-7-8-20-15(18)17-14/h4-8,16H,9H2,1-3H3. The zero-order valence-corrected chi connectivity index (χ0v) is 12.6. The highest BCUT2D eigenvalue weighted by Gasteiger charge is 2.15. The summed E-state index contributed by atoms with van der Waals surface area (Å²) in [4.78, 5) is 5.53. The van der Waals surface area contributed by atoms with Gasteiger partial charge < -0.3 is 10.1 Å². The third kappa shape index (κ3) is 2.19. The number of ether oxygens (including phenoxy) is 1. The third-order valence-corrected chi connectivity index (χ3v) is 4.19. The van der Waals surface area contributed by atoms with Gasteiger partial charge >= 0.3 is 0 Å². The number of hydrogen-bond donors (Lipinski definition) is 1. The second-order valence-electron chi connectivity index (χ2n) is 4.75. The van der Waals surface area contributed by atoms with Gasteiger partial charge in [0, 0.05) is 18.1 Å². The molecule has 4 nitrogen and oxygen atoms in total. The molecule has 0 saturated carbocycles. The topological polar surface area (TPSA) is 38.6 Å². The molecule has 0 amide bonds. The first-order valence-corrected chi connectivity index (χ1v) is 7.41. The van der Waals surface area contributed by atoms with E-state index in [4.69, 9.17) is 4.74 Å². The molecular weight excluding hydrogens is 270 g/mol. The Kier molecular flexibility index (Phi) is 3.46. The minimum atomic E-state index is 0.680.